The first-order valence-electron chi connectivity index (χ1n) is 5.81. The Bertz CT molecular complexity index is 940. The molecule has 0 atom stereocenters. The number of benzene rings is 2. The van der Waals surface area contributed by atoms with E-state index in [2.05, 4.69) is 4.98 Å². The zero-order chi connectivity index (χ0) is 14.3. The Morgan fingerprint density at radius 3 is 2.45 bits per heavy atom. The van der Waals surface area contributed by atoms with Crippen LogP contribution in [0.5, 0.6) is 0 Å². The van der Waals surface area contributed by atoms with Gasteiger partial charge in [0.15, 0.2) is 0 Å². The van der Waals surface area contributed by atoms with Gasteiger partial charge >= 0.3 is 5.69 Å². The Hall–Kier alpha value is -2.54. The highest BCUT2D eigenvalue weighted by atomic mass is 32.2. The van der Waals surface area contributed by atoms with Crippen molar-refractivity contribution in [2.75, 3.05) is 5.73 Å². The summed E-state index contributed by atoms with van der Waals surface area (Å²) < 4.78 is 25.8. The first-order valence-corrected chi connectivity index (χ1v) is 7.25. The van der Waals surface area contributed by atoms with E-state index in [1.165, 1.54) is 18.2 Å². The molecule has 0 radical (unpaired) electrons. The molecule has 2 aromatic carbocycles. The summed E-state index contributed by atoms with van der Waals surface area (Å²) in [4.78, 5) is 14.5. The van der Waals surface area contributed by atoms with E-state index in [-0.39, 0.29) is 10.4 Å². The molecule has 102 valence electrons. The molecule has 3 N–H and O–H groups in total. The SMILES string of the molecule is Nc1ccc2[nH]c(=O)n(S(=O)(=O)c3ccccc3)c2c1. The van der Waals surface area contributed by atoms with Gasteiger partial charge in [0.2, 0.25) is 0 Å². The first kappa shape index (κ1) is 12.5. The van der Waals surface area contributed by atoms with Crippen molar-refractivity contribution in [1.82, 2.24) is 8.96 Å². The van der Waals surface area contributed by atoms with Gasteiger partial charge in [0, 0.05) is 5.69 Å². The van der Waals surface area contributed by atoms with Crippen molar-refractivity contribution in [1.29, 1.82) is 0 Å². The Kier molecular flexibility index (Phi) is 2.65. The number of nitrogens with one attached hydrogen (secondary N) is 1. The van der Waals surface area contributed by atoms with E-state index in [0.29, 0.717) is 11.2 Å². The summed E-state index contributed by atoms with van der Waals surface area (Å²) in [5, 5.41) is 0. The van der Waals surface area contributed by atoms with Crippen LogP contribution in [0, 0.1) is 0 Å². The second kappa shape index (κ2) is 4.24. The van der Waals surface area contributed by atoms with Crippen LogP contribution < -0.4 is 11.4 Å². The maximum atomic E-state index is 12.5. The minimum absolute atomic E-state index is 0.0467. The van der Waals surface area contributed by atoms with Crippen LogP contribution in [0.15, 0.2) is 58.2 Å². The van der Waals surface area contributed by atoms with Gasteiger partial charge in [0.05, 0.1) is 15.9 Å². The van der Waals surface area contributed by atoms with Crippen molar-refractivity contribution in [3.8, 4) is 0 Å². The molecule has 0 fully saturated rings. The molecule has 0 saturated carbocycles. The molecule has 1 aromatic heterocycles. The van der Waals surface area contributed by atoms with Gasteiger partial charge in [-0.25, -0.2) is 13.2 Å². The van der Waals surface area contributed by atoms with Crippen molar-refractivity contribution in [2.24, 2.45) is 0 Å². The van der Waals surface area contributed by atoms with Gasteiger partial charge in [0.1, 0.15) is 0 Å². The van der Waals surface area contributed by atoms with Gasteiger partial charge in [0.25, 0.3) is 10.0 Å². The van der Waals surface area contributed by atoms with Gasteiger partial charge in [-0.05, 0) is 30.3 Å². The van der Waals surface area contributed by atoms with Crippen LogP contribution in [0.1, 0.15) is 0 Å². The number of nitrogen functional groups attached to an aromatic ring is 1. The summed E-state index contributed by atoms with van der Waals surface area (Å²) in [6, 6.07) is 12.4. The number of hydrogen-bond donors (Lipinski definition) is 2. The Morgan fingerprint density at radius 1 is 1.05 bits per heavy atom. The molecular formula is C13H11N3O3S. The van der Waals surface area contributed by atoms with Gasteiger partial charge in [-0.3, -0.25) is 0 Å². The molecule has 0 spiro atoms. The summed E-state index contributed by atoms with van der Waals surface area (Å²) in [6.07, 6.45) is 0. The minimum Gasteiger partial charge on any atom is -0.399 e. The van der Waals surface area contributed by atoms with Crippen molar-refractivity contribution in [2.45, 2.75) is 4.90 Å². The van der Waals surface area contributed by atoms with Gasteiger partial charge in [-0.15, -0.1) is 0 Å². The molecule has 1 heterocycles. The summed E-state index contributed by atoms with van der Waals surface area (Å²) in [5.41, 5.74) is 5.98. The maximum absolute atomic E-state index is 12.5. The third-order valence-corrected chi connectivity index (χ3v) is 4.66. The minimum atomic E-state index is -3.95. The molecule has 3 aromatic rings. The lowest BCUT2D eigenvalue weighted by Crippen LogP contribution is -2.25. The third kappa shape index (κ3) is 1.79. The zero-order valence-electron chi connectivity index (χ0n) is 10.3. The van der Waals surface area contributed by atoms with Crippen molar-refractivity contribution < 1.29 is 8.42 Å². The molecule has 6 nitrogen and oxygen atoms in total. The molecule has 0 aliphatic rings. The number of nitrogens with zero attached hydrogens (tertiary/aromatic N) is 1. The molecule has 0 bridgehead atoms. The zero-order valence-corrected chi connectivity index (χ0v) is 11.1. The molecule has 0 amide bonds. The van der Waals surface area contributed by atoms with E-state index in [1.54, 1.807) is 30.3 Å². The number of H-pyrrole nitrogens is 1. The molecule has 20 heavy (non-hydrogen) atoms. The number of hydrogen-bond acceptors (Lipinski definition) is 4. The average molecular weight is 289 g/mol. The quantitative estimate of drug-likeness (QED) is 0.691. The van der Waals surface area contributed by atoms with Crippen LogP contribution in [-0.2, 0) is 10.0 Å². The van der Waals surface area contributed by atoms with E-state index in [1.807, 2.05) is 0 Å². The van der Waals surface area contributed by atoms with E-state index in [0.717, 1.165) is 3.97 Å². The third-order valence-electron chi connectivity index (χ3n) is 2.95. The van der Waals surface area contributed by atoms with E-state index in [4.69, 9.17) is 5.73 Å². The van der Waals surface area contributed by atoms with Gasteiger partial charge in [-0.2, -0.15) is 3.97 Å². The van der Waals surface area contributed by atoms with Crippen LogP contribution in [0.3, 0.4) is 0 Å². The summed E-state index contributed by atoms with van der Waals surface area (Å²) in [5.74, 6) is 0. The van der Waals surface area contributed by atoms with Crippen molar-refractivity contribution in [3.05, 3.63) is 59.0 Å². The lowest BCUT2D eigenvalue weighted by atomic mass is 10.3. The highest BCUT2D eigenvalue weighted by Crippen LogP contribution is 2.19. The normalized spacial score (nSPS) is 11.8. The summed E-state index contributed by atoms with van der Waals surface area (Å²) in [7, 11) is -3.95. The second-order valence-electron chi connectivity index (χ2n) is 4.29. The number of anilines is 1. The molecule has 0 saturated heterocycles. The van der Waals surface area contributed by atoms with Crippen molar-refractivity contribution >= 4 is 26.7 Å². The molecule has 7 heteroatoms. The van der Waals surface area contributed by atoms with E-state index < -0.39 is 15.7 Å². The standard InChI is InChI=1S/C13H11N3O3S/c14-9-6-7-11-12(8-9)16(13(17)15-11)20(18,19)10-4-2-1-3-5-10/h1-8H,14H2,(H,15,17). The summed E-state index contributed by atoms with van der Waals surface area (Å²) >= 11 is 0. The Labute approximate surface area is 114 Å². The average Bonchev–Trinajstić information content (AvgIpc) is 2.75. The first-order chi connectivity index (χ1) is 9.50. The smallest absolute Gasteiger partial charge is 0.340 e. The predicted molar refractivity (Wildman–Crippen MR) is 76.0 cm³/mol. The maximum Gasteiger partial charge on any atom is 0.340 e. The largest absolute Gasteiger partial charge is 0.399 e. The number of imidazole rings is 1. The lowest BCUT2D eigenvalue weighted by Gasteiger charge is -2.05. The fraction of sp³-hybridized carbons (Fsp3) is 0. The van der Waals surface area contributed by atoms with Crippen LogP contribution in [0.2, 0.25) is 0 Å². The van der Waals surface area contributed by atoms with Crippen molar-refractivity contribution in [3.63, 3.8) is 0 Å². The second-order valence-corrected chi connectivity index (χ2v) is 6.08. The molecule has 0 aliphatic carbocycles. The topological polar surface area (TPSA) is 97.9 Å². The molecule has 0 unspecified atom stereocenters. The highest BCUT2D eigenvalue weighted by Gasteiger charge is 2.22. The lowest BCUT2D eigenvalue weighted by molar-refractivity contribution is 0.587. The number of aromatic amines is 1. The van der Waals surface area contributed by atoms with Gasteiger partial charge < -0.3 is 10.7 Å². The highest BCUT2D eigenvalue weighted by molar-refractivity contribution is 7.90. The number of fused-ring (bicyclic) bond motifs is 1. The van der Waals surface area contributed by atoms with Crippen LogP contribution >= 0.6 is 0 Å². The van der Waals surface area contributed by atoms with Crippen LogP contribution in [0.4, 0.5) is 5.69 Å². The van der Waals surface area contributed by atoms with Crippen LogP contribution in [-0.4, -0.2) is 17.4 Å². The monoisotopic (exact) mass is 289 g/mol. The molecule has 0 aliphatic heterocycles. The number of aromatic nitrogens is 2. The Balaban J connectivity index is 2.38. The van der Waals surface area contributed by atoms with Crippen LogP contribution in [0.25, 0.3) is 11.0 Å². The number of rotatable bonds is 2. The van der Waals surface area contributed by atoms with Gasteiger partial charge in [-0.1, -0.05) is 18.2 Å². The molecule has 3 rings (SSSR count). The van der Waals surface area contributed by atoms with E-state index in [9.17, 15) is 13.2 Å². The fourth-order valence-electron chi connectivity index (χ4n) is 2.03. The molecular weight excluding hydrogens is 278 g/mol. The van der Waals surface area contributed by atoms with E-state index >= 15 is 0 Å². The predicted octanol–water partition coefficient (Wildman–Crippen LogP) is 1.15. The number of nitrogens with two attached hydrogens (primary N) is 1. The summed E-state index contributed by atoms with van der Waals surface area (Å²) in [6.45, 7) is 0. The Morgan fingerprint density at radius 2 is 1.75 bits per heavy atom. The fourth-order valence-corrected chi connectivity index (χ4v) is 3.42.